The molecule has 4 heterocycles. The zero-order valence-electron chi connectivity index (χ0n) is 15.5. The number of hydrogen-bond donors (Lipinski definition) is 1. The molecule has 0 bridgehead atoms. The number of benzene rings is 1. The number of amides is 3. The summed E-state index contributed by atoms with van der Waals surface area (Å²) in [6.07, 6.45) is 1.71. The molecule has 146 valence electrons. The normalized spacial score (nSPS) is 15.2. The number of urea groups is 1. The molecule has 0 radical (unpaired) electrons. The number of nitrogens with zero attached hydrogens (tertiary/aromatic N) is 5. The number of nitrogens with one attached hydrogen (secondary N) is 1. The number of carbonyl (C=O) groups is 2. The molecule has 0 saturated heterocycles. The summed E-state index contributed by atoms with van der Waals surface area (Å²) in [7, 11) is 0. The van der Waals surface area contributed by atoms with Crippen LogP contribution in [0.3, 0.4) is 0 Å². The average molecular weight is 406 g/mol. The van der Waals surface area contributed by atoms with Crippen LogP contribution in [0.5, 0.6) is 0 Å². The van der Waals surface area contributed by atoms with Gasteiger partial charge in [-0.25, -0.2) is 9.48 Å². The molecule has 29 heavy (non-hydrogen) atoms. The molecule has 3 aromatic rings. The van der Waals surface area contributed by atoms with Crippen LogP contribution in [-0.4, -0.2) is 52.1 Å². The quantitative estimate of drug-likeness (QED) is 0.706. The van der Waals surface area contributed by atoms with E-state index in [9.17, 15) is 9.59 Å². The molecule has 0 saturated carbocycles. The summed E-state index contributed by atoms with van der Waals surface area (Å²) in [5, 5.41) is 9.35. The number of para-hydroxylation sites is 1. The number of thiophene rings is 1. The standard InChI is InChI=1S/C20H18N6O2S/c27-17(22-11-15-7-4-10-29-15)13-25-19-16(18-21-8-9-24(18)20(25)28)12-23-26(19)14-5-2-1-3-6-14/h1-7,10,12H,8-9,11,13H2,(H,22,27). The van der Waals surface area contributed by atoms with E-state index in [0.29, 0.717) is 31.3 Å². The predicted molar refractivity (Wildman–Crippen MR) is 111 cm³/mol. The van der Waals surface area contributed by atoms with Gasteiger partial charge in [-0.2, -0.15) is 5.10 Å². The van der Waals surface area contributed by atoms with E-state index in [1.165, 1.54) is 4.90 Å². The van der Waals surface area contributed by atoms with Crippen LogP contribution in [0.4, 0.5) is 10.6 Å². The minimum Gasteiger partial charge on any atom is -0.350 e. The number of hydrogen-bond acceptors (Lipinski definition) is 5. The Morgan fingerprint density at radius 2 is 2.03 bits per heavy atom. The van der Waals surface area contributed by atoms with Crippen LogP contribution in [0.2, 0.25) is 0 Å². The Hall–Kier alpha value is -3.46. The lowest BCUT2D eigenvalue weighted by molar-refractivity contribution is -0.119. The number of carbonyl (C=O) groups excluding carboxylic acids is 2. The summed E-state index contributed by atoms with van der Waals surface area (Å²) in [4.78, 5) is 34.5. The molecule has 2 aliphatic heterocycles. The maximum Gasteiger partial charge on any atom is 0.331 e. The Bertz CT molecular complexity index is 1090. The summed E-state index contributed by atoms with van der Waals surface area (Å²) in [5.74, 6) is 0.977. The first-order valence-electron chi connectivity index (χ1n) is 9.29. The first-order valence-corrected chi connectivity index (χ1v) is 10.2. The van der Waals surface area contributed by atoms with Gasteiger partial charge in [-0.15, -0.1) is 11.3 Å². The lowest BCUT2D eigenvalue weighted by Gasteiger charge is -2.33. The first-order chi connectivity index (χ1) is 14.2. The van der Waals surface area contributed by atoms with Gasteiger partial charge in [0.2, 0.25) is 5.91 Å². The Morgan fingerprint density at radius 1 is 1.17 bits per heavy atom. The van der Waals surface area contributed by atoms with Gasteiger partial charge in [0.05, 0.1) is 30.5 Å². The van der Waals surface area contributed by atoms with Crippen molar-refractivity contribution in [2.24, 2.45) is 4.99 Å². The van der Waals surface area contributed by atoms with Crippen LogP contribution < -0.4 is 10.2 Å². The van der Waals surface area contributed by atoms with Gasteiger partial charge < -0.3 is 5.32 Å². The fourth-order valence-corrected chi connectivity index (χ4v) is 4.20. The van der Waals surface area contributed by atoms with Crippen molar-refractivity contribution >= 4 is 34.9 Å². The average Bonchev–Trinajstić information content (AvgIpc) is 3.50. The van der Waals surface area contributed by atoms with Crippen LogP contribution in [0, 0.1) is 0 Å². The Labute approximate surface area is 171 Å². The second-order valence-corrected chi connectivity index (χ2v) is 7.74. The van der Waals surface area contributed by atoms with Gasteiger partial charge in [0.1, 0.15) is 12.4 Å². The van der Waals surface area contributed by atoms with Crippen molar-refractivity contribution in [3.63, 3.8) is 0 Å². The maximum atomic E-state index is 13.2. The number of rotatable bonds is 5. The van der Waals surface area contributed by atoms with Crippen LogP contribution in [0.15, 0.2) is 59.0 Å². The van der Waals surface area contributed by atoms with Crippen molar-refractivity contribution in [2.75, 3.05) is 24.5 Å². The van der Waals surface area contributed by atoms with Crippen molar-refractivity contribution in [1.29, 1.82) is 0 Å². The molecular formula is C20H18N6O2S. The summed E-state index contributed by atoms with van der Waals surface area (Å²) in [5.41, 5.74) is 1.58. The zero-order chi connectivity index (χ0) is 19.8. The molecule has 3 amide bonds. The topological polar surface area (TPSA) is 82.8 Å². The lowest BCUT2D eigenvalue weighted by Crippen LogP contribution is -2.53. The molecule has 1 aromatic carbocycles. The van der Waals surface area contributed by atoms with Gasteiger partial charge in [0.15, 0.2) is 5.82 Å². The fourth-order valence-electron chi connectivity index (χ4n) is 3.56. The molecule has 2 aromatic heterocycles. The van der Waals surface area contributed by atoms with E-state index in [1.54, 1.807) is 27.1 Å². The van der Waals surface area contributed by atoms with Crippen LogP contribution in [0.25, 0.3) is 5.69 Å². The van der Waals surface area contributed by atoms with Crippen molar-refractivity contribution in [3.8, 4) is 5.69 Å². The van der Waals surface area contributed by atoms with Gasteiger partial charge in [-0.1, -0.05) is 24.3 Å². The van der Waals surface area contributed by atoms with Crippen LogP contribution >= 0.6 is 11.3 Å². The van der Waals surface area contributed by atoms with Crippen molar-refractivity contribution < 1.29 is 9.59 Å². The van der Waals surface area contributed by atoms with E-state index in [0.717, 1.165) is 16.1 Å². The second kappa shape index (κ2) is 7.17. The molecule has 0 aliphatic carbocycles. The molecule has 2 aliphatic rings. The number of amidine groups is 1. The van der Waals surface area contributed by atoms with E-state index < -0.39 is 0 Å². The van der Waals surface area contributed by atoms with E-state index in [2.05, 4.69) is 15.4 Å². The highest BCUT2D eigenvalue weighted by atomic mass is 32.1. The highest BCUT2D eigenvalue weighted by Gasteiger charge is 2.41. The van der Waals surface area contributed by atoms with Gasteiger partial charge in [0, 0.05) is 11.4 Å². The minimum absolute atomic E-state index is 0.0838. The molecule has 0 unspecified atom stereocenters. The largest absolute Gasteiger partial charge is 0.350 e. The van der Waals surface area contributed by atoms with Gasteiger partial charge >= 0.3 is 6.03 Å². The maximum absolute atomic E-state index is 13.2. The third-order valence-corrected chi connectivity index (χ3v) is 5.76. The van der Waals surface area contributed by atoms with Gasteiger partial charge in [-0.05, 0) is 23.6 Å². The first kappa shape index (κ1) is 17.6. The number of fused-ring (bicyclic) bond motifs is 3. The highest BCUT2D eigenvalue weighted by molar-refractivity contribution is 7.09. The summed E-state index contributed by atoms with van der Waals surface area (Å²) >= 11 is 1.58. The van der Waals surface area contributed by atoms with E-state index in [1.807, 2.05) is 47.8 Å². The molecule has 0 atom stereocenters. The number of aromatic nitrogens is 2. The summed E-state index contributed by atoms with van der Waals surface area (Å²) < 4.78 is 1.69. The molecule has 0 fully saturated rings. The molecular weight excluding hydrogens is 388 g/mol. The SMILES string of the molecule is O=C(CN1C(=O)N2CCN=C2c2cnn(-c3ccccc3)c21)NCc1cccs1. The van der Waals surface area contributed by atoms with Gasteiger partial charge in [0.25, 0.3) is 0 Å². The van der Waals surface area contributed by atoms with Crippen molar-refractivity contribution in [1.82, 2.24) is 20.0 Å². The molecule has 0 spiro atoms. The monoisotopic (exact) mass is 406 g/mol. The molecule has 8 nitrogen and oxygen atoms in total. The number of aliphatic imine (C=N–C) groups is 1. The molecule has 5 rings (SSSR count). The van der Waals surface area contributed by atoms with Crippen molar-refractivity contribution in [2.45, 2.75) is 6.54 Å². The summed E-state index contributed by atoms with van der Waals surface area (Å²) in [6, 6.07) is 13.2. The Balaban J connectivity index is 1.48. The second-order valence-electron chi connectivity index (χ2n) is 6.71. The lowest BCUT2D eigenvalue weighted by atomic mass is 10.2. The van der Waals surface area contributed by atoms with Crippen LogP contribution in [0.1, 0.15) is 10.4 Å². The Kier molecular flexibility index (Phi) is 4.36. The fraction of sp³-hybridized carbons (Fsp3) is 0.200. The smallest absolute Gasteiger partial charge is 0.331 e. The van der Waals surface area contributed by atoms with Crippen molar-refractivity contribution in [3.05, 3.63) is 64.5 Å². The van der Waals surface area contributed by atoms with E-state index in [4.69, 9.17) is 0 Å². The minimum atomic E-state index is -0.252. The predicted octanol–water partition coefficient (Wildman–Crippen LogP) is 2.25. The van der Waals surface area contributed by atoms with Crippen LogP contribution in [-0.2, 0) is 11.3 Å². The highest BCUT2D eigenvalue weighted by Crippen LogP contribution is 2.32. The van der Waals surface area contributed by atoms with Gasteiger partial charge in [-0.3, -0.25) is 19.6 Å². The third kappa shape index (κ3) is 3.09. The summed E-state index contributed by atoms with van der Waals surface area (Å²) in [6.45, 7) is 1.42. The Morgan fingerprint density at radius 3 is 2.83 bits per heavy atom. The third-order valence-electron chi connectivity index (χ3n) is 4.89. The van der Waals surface area contributed by atoms with E-state index >= 15 is 0 Å². The molecule has 1 N–H and O–H groups in total. The van der Waals surface area contributed by atoms with E-state index in [-0.39, 0.29) is 18.5 Å². The number of anilines is 1. The molecule has 9 heteroatoms. The zero-order valence-corrected chi connectivity index (χ0v) is 16.3.